The Morgan fingerprint density at radius 2 is 1.75 bits per heavy atom. The van der Waals surface area contributed by atoms with Gasteiger partial charge in [-0.2, -0.15) is 13.9 Å². The van der Waals surface area contributed by atoms with E-state index in [2.05, 4.69) is 15.2 Å². The first-order chi connectivity index (χ1) is 13.3. The van der Waals surface area contributed by atoms with Gasteiger partial charge < -0.3 is 14.5 Å². The van der Waals surface area contributed by atoms with E-state index in [1.54, 1.807) is 24.1 Å². The van der Waals surface area contributed by atoms with E-state index in [-0.39, 0.29) is 18.1 Å². The molecule has 11 heteroatoms. The number of ether oxygens (including phenoxy) is 1. The summed E-state index contributed by atoms with van der Waals surface area (Å²) in [6.45, 7) is -0.474. The molecule has 0 spiro atoms. The minimum atomic E-state index is -2.28. The van der Waals surface area contributed by atoms with Crippen molar-refractivity contribution >= 4 is 5.91 Å². The molecule has 0 radical (unpaired) electrons. The minimum absolute atomic E-state index is 0.0598. The van der Waals surface area contributed by atoms with Crippen molar-refractivity contribution in [2.24, 2.45) is 7.05 Å². The molecule has 3 rings (SSSR count). The van der Waals surface area contributed by atoms with E-state index in [4.69, 9.17) is 4.42 Å². The molecular weight excluding hydrogens is 389 g/mol. The normalized spacial score (nSPS) is 10.9. The molecule has 28 heavy (non-hydrogen) atoms. The van der Waals surface area contributed by atoms with Crippen molar-refractivity contribution in [2.45, 2.75) is 13.2 Å². The second-order valence-electron chi connectivity index (χ2n) is 5.66. The third-order valence-corrected chi connectivity index (χ3v) is 3.63. The van der Waals surface area contributed by atoms with Crippen molar-refractivity contribution in [2.75, 3.05) is 0 Å². The highest BCUT2D eigenvalue weighted by Gasteiger charge is 2.27. The fraction of sp³-hybridized carbons (Fsp3) is 0.176. The van der Waals surface area contributed by atoms with Crippen LogP contribution in [0, 0.1) is 29.1 Å². The number of aromatic nitrogens is 2. The number of amides is 1. The Balaban J connectivity index is 1.64. The van der Waals surface area contributed by atoms with Crippen molar-refractivity contribution < 1.29 is 35.9 Å². The van der Waals surface area contributed by atoms with E-state index < -0.39 is 47.3 Å². The van der Waals surface area contributed by atoms with Crippen molar-refractivity contribution in [3.63, 3.8) is 0 Å². The summed E-state index contributed by atoms with van der Waals surface area (Å²) in [5.74, 6) is -12.9. The molecule has 0 saturated heterocycles. The fourth-order valence-electron chi connectivity index (χ4n) is 2.26. The molecule has 6 nitrogen and oxygen atoms in total. The van der Waals surface area contributed by atoms with Crippen LogP contribution in [0.25, 0.3) is 0 Å². The maximum atomic E-state index is 13.6. The average molecular weight is 401 g/mol. The van der Waals surface area contributed by atoms with Gasteiger partial charge in [-0.25, -0.2) is 13.2 Å². The van der Waals surface area contributed by atoms with Crippen LogP contribution in [-0.4, -0.2) is 15.7 Å². The third kappa shape index (κ3) is 3.82. The van der Waals surface area contributed by atoms with E-state index in [0.717, 1.165) is 5.56 Å². The number of nitrogens with one attached hydrogen (secondary N) is 1. The Kier molecular flexibility index (Phi) is 5.34. The van der Waals surface area contributed by atoms with Crippen LogP contribution in [0.3, 0.4) is 0 Å². The molecule has 1 amide bonds. The molecule has 0 aliphatic rings. The number of halogens is 5. The number of carbonyl (C=O) groups is 1. The summed E-state index contributed by atoms with van der Waals surface area (Å²) in [4.78, 5) is 12.0. The van der Waals surface area contributed by atoms with E-state index in [1.807, 2.05) is 0 Å². The first kappa shape index (κ1) is 19.4. The van der Waals surface area contributed by atoms with E-state index in [9.17, 15) is 26.7 Å². The number of carbonyl (C=O) groups excluding carboxylic acids is 1. The second-order valence-corrected chi connectivity index (χ2v) is 5.66. The lowest BCUT2D eigenvalue weighted by atomic mass is 10.2. The van der Waals surface area contributed by atoms with Gasteiger partial charge in [0.2, 0.25) is 29.1 Å². The summed E-state index contributed by atoms with van der Waals surface area (Å²) in [5.41, 5.74) is 0.747. The molecule has 0 aliphatic heterocycles. The van der Waals surface area contributed by atoms with Crippen molar-refractivity contribution in [1.82, 2.24) is 15.1 Å². The monoisotopic (exact) mass is 401 g/mol. The van der Waals surface area contributed by atoms with Crippen LogP contribution >= 0.6 is 0 Å². The summed E-state index contributed by atoms with van der Waals surface area (Å²) in [7, 11) is 1.72. The Morgan fingerprint density at radius 1 is 1.11 bits per heavy atom. The molecule has 148 valence electrons. The van der Waals surface area contributed by atoms with Crippen molar-refractivity contribution in [1.29, 1.82) is 0 Å². The summed E-state index contributed by atoms with van der Waals surface area (Å²) in [6.07, 6.45) is 3.26. The molecule has 3 aromatic rings. The van der Waals surface area contributed by atoms with Gasteiger partial charge in [-0.1, -0.05) is 0 Å². The molecular formula is C17H12F5N3O3. The van der Waals surface area contributed by atoms with Gasteiger partial charge in [0.1, 0.15) is 12.4 Å². The first-order valence-electron chi connectivity index (χ1n) is 7.76. The van der Waals surface area contributed by atoms with Crippen LogP contribution in [0.2, 0.25) is 0 Å². The van der Waals surface area contributed by atoms with E-state index >= 15 is 0 Å². The van der Waals surface area contributed by atoms with Crippen molar-refractivity contribution in [3.8, 4) is 5.75 Å². The van der Waals surface area contributed by atoms with Gasteiger partial charge in [0.25, 0.3) is 5.91 Å². The molecule has 0 atom stereocenters. The maximum Gasteiger partial charge on any atom is 0.287 e. The molecule has 0 fully saturated rings. The highest BCUT2D eigenvalue weighted by atomic mass is 19.2. The number of nitrogens with zero attached hydrogens (tertiary/aromatic N) is 2. The highest BCUT2D eigenvalue weighted by molar-refractivity contribution is 5.91. The Bertz CT molecular complexity index is 1000. The molecule has 1 N–H and O–H groups in total. The van der Waals surface area contributed by atoms with Gasteiger partial charge in [0, 0.05) is 25.4 Å². The number of hydrogen-bond acceptors (Lipinski definition) is 4. The predicted octanol–water partition coefficient (Wildman–Crippen LogP) is 3.22. The zero-order valence-corrected chi connectivity index (χ0v) is 14.2. The van der Waals surface area contributed by atoms with Crippen molar-refractivity contribution in [3.05, 3.63) is 70.7 Å². The summed E-state index contributed by atoms with van der Waals surface area (Å²) in [5, 5.41) is 6.51. The first-order valence-corrected chi connectivity index (χ1v) is 7.76. The van der Waals surface area contributed by atoms with Gasteiger partial charge in [-0.15, -0.1) is 0 Å². The van der Waals surface area contributed by atoms with Gasteiger partial charge in [0.05, 0.1) is 6.20 Å². The zero-order chi connectivity index (χ0) is 20.4. The predicted molar refractivity (Wildman–Crippen MR) is 83.7 cm³/mol. The smallest absolute Gasteiger partial charge is 0.287 e. The van der Waals surface area contributed by atoms with Gasteiger partial charge in [0.15, 0.2) is 11.5 Å². The van der Waals surface area contributed by atoms with Crippen LogP contribution < -0.4 is 10.1 Å². The Hall–Kier alpha value is -3.37. The Morgan fingerprint density at radius 3 is 2.36 bits per heavy atom. The highest BCUT2D eigenvalue weighted by Crippen LogP contribution is 2.29. The summed E-state index contributed by atoms with van der Waals surface area (Å²) < 4.78 is 77.8. The molecule has 2 aromatic heterocycles. The average Bonchev–Trinajstić information content (AvgIpc) is 3.32. The molecule has 1 aromatic carbocycles. The minimum Gasteiger partial charge on any atom is -0.479 e. The van der Waals surface area contributed by atoms with E-state index in [1.165, 1.54) is 12.1 Å². The standard InChI is InChI=1S/C17H12F5N3O3/c1-25-6-8(5-24-25)4-23-17(26)10-3-2-9(28-10)7-27-16-14(21)12(19)11(18)13(20)15(16)22/h2-3,5-6H,4,7H2,1H3,(H,23,26). The second kappa shape index (κ2) is 7.71. The number of furan rings is 1. The lowest BCUT2D eigenvalue weighted by Gasteiger charge is -2.09. The summed E-state index contributed by atoms with van der Waals surface area (Å²) >= 11 is 0. The van der Waals surface area contributed by atoms with Crippen LogP contribution in [0.5, 0.6) is 5.75 Å². The summed E-state index contributed by atoms with van der Waals surface area (Å²) in [6, 6.07) is 2.54. The van der Waals surface area contributed by atoms with Crippen LogP contribution in [0.4, 0.5) is 22.0 Å². The van der Waals surface area contributed by atoms with Gasteiger partial charge in [-0.3, -0.25) is 9.48 Å². The molecule has 0 aliphatic carbocycles. The topological polar surface area (TPSA) is 69.3 Å². The van der Waals surface area contributed by atoms with Crippen LogP contribution in [-0.2, 0) is 20.2 Å². The largest absolute Gasteiger partial charge is 0.479 e. The SMILES string of the molecule is Cn1cc(CNC(=O)c2ccc(COc3c(F)c(F)c(F)c(F)c3F)o2)cn1. The quantitative estimate of drug-likeness (QED) is 0.391. The lowest BCUT2D eigenvalue weighted by molar-refractivity contribution is 0.0918. The van der Waals surface area contributed by atoms with Crippen LogP contribution in [0.15, 0.2) is 28.9 Å². The van der Waals surface area contributed by atoms with Gasteiger partial charge >= 0.3 is 0 Å². The maximum absolute atomic E-state index is 13.6. The molecule has 2 heterocycles. The number of aryl methyl sites for hydroxylation is 1. The fourth-order valence-corrected chi connectivity index (χ4v) is 2.26. The molecule has 0 bridgehead atoms. The molecule has 0 saturated carbocycles. The number of hydrogen-bond donors (Lipinski definition) is 1. The zero-order valence-electron chi connectivity index (χ0n) is 14.2. The van der Waals surface area contributed by atoms with Crippen LogP contribution in [0.1, 0.15) is 21.9 Å². The molecule has 0 unspecified atom stereocenters. The number of benzene rings is 1. The lowest BCUT2D eigenvalue weighted by Crippen LogP contribution is -2.22. The van der Waals surface area contributed by atoms with E-state index in [0.29, 0.717) is 0 Å². The number of rotatable bonds is 6. The third-order valence-electron chi connectivity index (χ3n) is 3.63. The van der Waals surface area contributed by atoms with Gasteiger partial charge in [-0.05, 0) is 12.1 Å². The Labute approximate surface area is 154 Å².